The zero-order valence-corrected chi connectivity index (χ0v) is 15.5. The Morgan fingerprint density at radius 1 is 1.24 bits per heavy atom. The van der Waals surface area contributed by atoms with Gasteiger partial charge in [-0.25, -0.2) is 9.97 Å². The highest BCUT2D eigenvalue weighted by Crippen LogP contribution is 2.15. The Hall–Kier alpha value is -2.60. The summed E-state index contributed by atoms with van der Waals surface area (Å²) in [6.45, 7) is 0.452. The predicted molar refractivity (Wildman–Crippen MR) is 105 cm³/mol. The van der Waals surface area contributed by atoms with Gasteiger partial charge in [0.15, 0.2) is 11.2 Å². The number of benzene rings is 1. The van der Waals surface area contributed by atoms with Gasteiger partial charge in [0.25, 0.3) is 5.56 Å². The number of nitrogens with one attached hydrogen (secondary N) is 1. The van der Waals surface area contributed by atoms with Gasteiger partial charge in [0.1, 0.15) is 6.29 Å². The molecule has 2 aromatic heterocycles. The lowest BCUT2D eigenvalue weighted by atomic mass is 10.2. The number of hydrogen-bond donors (Lipinski definition) is 3. The summed E-state index contributed by atoms with van der Waals surface area (Å²) < 4.78 is 4.47. The molecular weight excluding hydrogens is 437 g/mol. The number of halogens is 1. The highest BCUT2D eigenvalue weighted by Gasteiger charge is 2.09. The van der Waals surface area contributed by atoms with Crippen molar-refractivity contribution >= 4 is 52.0 Å². The van der Waals surface area contributed by atoms with Crippen molar-refractivity contribution in [1.82, 2.24) is 19.9 Å². The molecule has 5 N–H and O–H groups in total. The van der Waals surface area contributed by atoms with Gasteiger partial charge in [-0.3, -0.25) is 18.5 Å². The van der Waals surface area contributed by atoms with Crippen molar-refractivity contribution in [3.8, 4) is 0 Å². The van der Waals surface area contributed by atoms with E-state index in [1.807, 2.05) is 24.1 Å². The molecule has 0 aliphatic heterocycles. The quantitative estimate of drug-likeness (QED) is 0.302. The first-order valence-corrected chi connectivity index (χ1v) is 8.31. The van der Waals surface area contributed by atoms with Gasteiger partial charge in [0.05, 0.1) is 18.4 Å². The van der Waals surface area contributed by atoms with Crippen molar-refractivity contribution in [3.63, 3.8) is 0 Å². The Labute approximate surface area is 157 Å². The number of rotatable bonds is 4. The molecule has 0 atom stereocenters. The topological polar surface area (TPSA) is 144 Å². The smallest absolute Gasteiger partial charge is 0.280 e. The van der Waals surface area contributed by atoms with Crippen molar-refractivity contribution in [1.29, 1.82) is 0 Å². The number of fused-ring (bicyclic) bond motifs is 1. The third-order valence-corrected chi connectivity index (χ3v) is 3.36. The Morgan fingerprint density at radius 3 is 2.56 bits per heavy atom. The molecular formula is C15H16IN7O2. The molecule has 0 aliphatic rings. The molecule has 9 nitrogen and oxygen atoms in total. The Balaban J connectivity index is 0.00000109. The van der Waals surface area contributed by atoms with Crippen LogP contribution in [0.3, 0.4) is 0 Å². The predicted octanol–water partition coefficient (Wildman–Crippen LogP) is 1.04. The molecule has 0 saturated carbocycles. The van der Waals surface area contributed by atoms with E-state index in [9.17, 15) is 9.59 Å². The fourth-order valence-electron chi connectivity index (χ4n) is 2.19. The van der Waals surface area contributed by atoms with Gasteiger partial charge in [-0.1, -0.05) is 0 Å². The molecule has 130 valence electrons. The van der Waals surface area contributed by atoms with Crippen LogP contribution in [0.15, 0.2) is 35.3 Å². The minimum Gasteiger partial charge on any atom is -0.369 e. The number of carbonyl (C=O) groups is 1. The van der Waals surface area contributed by atoms with Crippen LogP contribution in [0.2, 0.25) is 0 Å². The normalized spacial score (nSPS) is 10.0. The van der Waals surface area contributed by atoms with E-state index in [1.54, 1.807) is 41.2 Å². The monoisotopic (exact) mass is 453 g/mol. The molecule has 1 aromatic carbocycles. The standard InChI is InChI=1S/C15H14N6O2.H2IN/c1-21(11-4-2-9(8-22)3-5-11)7-10-6-17-13-12(18-10)14(23)20-15(16)19-13;1-2/h2-6,8H,7H2,1H3,(H3,16,17,19,20,23);2H2. The summed E-state index contributed by atoms with van der Waals surface area (Å²) >= 11 is 1.65. The van der Waals surface area contributed by atoms with E-state index in [0.29, 0.717) is 17.8 Å². The maximum absolute atomic E-state index is 11.9. The van der Waals surface area contributed by atoms with Crippen molar-refractivity contribution in [3.05, 3.63) is 52.1 Å². The van der Waals surface area contributed by atoms with Crippen LogP contribution in [-0.2, 0) is 6.54 Å². The van der Waals surface area contributed by atoms with Crippen molar-refractivity contribution in [2.75, 3.05) is 17.7 Å². The van der Waals surface area contributed by atoms with Gasteiger partial charge in [0, 0.05) is 41.2 Å². The second kappa shape index (κ2) is 8.48. The minimum atomic E-state index is -0.417. The molecule has 0 bridgehead atoms. The Kier molecular flexibility index (Phi) is 6.36. The van der Waals surface area contributed by atoms with Crippen LogP contribution in [-0.4, -0.2) is 33.3 Å². The first kappa shape index (κ1) is 18.7. The number of anilines is 2. The number of nitrogen functional groups attached to an aromatic ring is 1. The second-order valence-electron chi connectivity index (χ2n) is 5.05. The van der Waals surface area contributed by atoms with Gasteiger partial charge in [0.2, 0.25) is 5.95 Å². The fourth-order valence-corrected chi connectivity index (χ4v) is 2.19. The van der Waals surface area contributed by atoms with Crippen LogP contribution in [0, 0.1) is 0 Å². The van der Waals surface area contributed by atoms with Gasteiger partial charge in [-0.2, -0.15) is 4.98 Å². The lowest BCUT2D eigenvalue weighted by Gasteiger charge is -2.18. The summed E-state index contributed by atoms with van der Waals surface area (Å²) in [5.74, 6) is 0.0111. The number of H-pyrrole nitrogens is 1. The average Bonchev–Trinajstić information content (AvgIpc) is 2.64. The molecule has 25 heavy (non-hydrogen) atoms. The number of aromatic nitrogens is 4. The highest BCUT2D eigenvalue weighted by molar-refractivity contribution is 14.1. The molecule has 10 heteroatoms. The van der Waals surface area contributed by atoms with Crippen LogP contribution in [0.1, 0.15) is 16.1 Å². The summed E-state index contributed by atoms with van der Waals surface area (Å²) in [4.78, 5) is 39.2. The van der Waals surface area contributed by atoms with Crippen LogP contribution < -0.4 is 20.1 Å². The number of carbonyl (C=O) groups excluding carboxylic acids is 1. The molecule has 2 heterocycles. The first-order valence-electron chi connectivity index (χ1n) is 7.06. The van der Waals surface area contributed by atoms with Gasteiger partial charge >= 0.3 is 0 Å². The zero-order chi connectivity index (χ0) is 18.4. The molecule has 0 saturated heterocycles. The number of aromatic amines is 1. The van der Waals surface area contributed by atoms with Gasteiger partial charge in [-0.05, 0) is 24.3 Å². The van der Waals surface area contributed by atoms with E-state index in [-0.39, 0.29) is 17.1 Å². The SMILES string of the molecule is CN(Cc1cnc2nc(N)[nH]c(=O)c2n1)c1ccc(C=O)cc1.NI. The number of nitrogens with zero attached hydrogens (tertiary/aromatic N) is 4. The highest BCUT2D eigenvalue weighted by atomic mass is 127. The number of nitrogens with two attached hydrogens (primary N) is 2. The molecule has 3 aromatic rings. The van der Waals surface area contributed by atoms with E-state index in [4.69, 9.17) is 5.73 Å². The third-order valence-electron chi connectivity index (χ3n) is 3.36. The first-order chi connectivity index (χ1) is 12.1. The molecule has 0 unspecified atom stereocenters. The molecule has 3 rings (SSSR count). The average molecular weight is 453 g/mol. The van der Waals surface area contributed by atoms with Gasteiger partial charge in [-0.15, -0.1) is 0 Å². The third kappa shape index (κ3) is 4.48. The lowest BCUT2D eigenvalue weighted by molar-refractivity contribution is 0.112. The molecule has 0 fully saturated rings. The molecule has 0 amide bonds. The summed E-state index contributed by atoms with van der Waals surface area (Å²) in [5, 5.41) is 0. The summed E-state index contributed by atoms with van der Waals surface area (Å²) in [6, 6.07) is 7.16. The number of hydrogen-bond acceptors (Lipinski definition) is 8. The molecule has 0 spiro atoms. The van der Waals surface area contributed by atoms with Crippen LogP contribution in [0.5, 0.6) is 0 Å². The Bertz CT molecular complexity index is 927. The van der Waals surface area contributed by atoms with E-state index in [0.717, 1.165) is 12.0 Å². The fraction of sp³-hybridized carbons (Fsp3) is 0.133. The van der Waals surface area contributed by atoms with Crippen LogP contribution >= 0.6 is 22.9 Å². The van der Waals surface area contributed by atoms with Crippen LogP contribution in [0.25, 0.3) is 11.2 Å². The summed E-state index contributed by atoms with van der Waals surface area (Å²) in [7, 11) is 1.88. The van der Waals surface area contributed by atoms with Crippen molar-refractivity contribution in [2.24, 2.45) is 3.95 Å². The Morgan fingerprint density at radius 2 is 1.92 bits per heavy atom. The second-order valence-corrected chi connectivity index (χ2v) is 5.05. The van der Waals surface area contributed by atoms with E-state index in [1.165, 1.54) is 0 Å². The van der Waals surface area contributed by atoms with E-state index >= 15 is 0 Å². The zero-order valence-electron chi connectivity index (χ0n) is 13.3. The molecule has 0 aliphatic carbocycles. The largest absolute Gasteiger partial charge is 0.369 e. The van der Waals surface area contributed by atoms with Crippen molar-refractivity contribution < 1.29 is 4.79 Å². The van der Waals surface area contributed by atoms with Gasteiger partial charge < -0.3 is 10.6 Å². The van der Waals surface area contributed by atoms with Crippen LogP contribution in [0.4, 0.5) is 11.6 Å². The van der Waals surface area contributed by atoms with E-state index < -0.39 is 5.56 Å². The lowest BCUT2D eigenvalue weighted by Crippen LogP contribution is -2.19. The maximum Gasteiger partial charge on any atom is 0.280 e. The number of aldehydes is 1. The van der Waals surface area contributed by atoms with Crippen molar-refractivity contribution in [2.45, 2.75) is 6.54 Å². The summed E-state index contributed by atoms with van der Waals surface area (Å²) in [6.07, 6.45) is 2.36. The van der Waals surface area contributed by atoms with E-state index in [2.05, 4.69) is 23.9 Å². The minimum absolute atomic E-state index is 0.0111. The summed E-state index contributed by atoms with van der Waals surface area (Å²) in [5.41, 5.74) is 7.58. The maximum atomic E-state index is 11.9. The molecule has 0 radical (unpaired) electrons.